The Morgan fingerprint density at radius 3 is 2.86 bits per heavy atom. The summed E-state index contributed by atoms with van der Waals surface area (Å²) in [5.74, 6) is 0.447. The smallest absolute Gasteiger partial charge is 0.244 e. The minimum absolute atomic E-state index is 0.424. The summed E-state index contributed by atoms with van der Waals surface area (Å²) in [6.45, 7) is 7.16. The molecular formula is C15H27N3O2S. The van der Waals surface area contributed by atoms with Gasteiger partial charge in [0, 0.05) is 38.6 Å². The summed E-state index contributed by atoms with van der Waals surface area (Å²) < 4.78 is 29.0. The molecule has 1 unspecified atom stereocenters. The van der Waals surface area contributed by atoms with Crippen LogP contribution in [0.15, 0.2) is 17.2 Å². The van der Waals surface area contributed by atoms with Gasteiger partial charge in [-0.3, -0.25) is 0 Å². The summed E-state index contributed by atoms with van der Waals surface area (Å²) in [5, 5.41) is 3.31. The highest BCUT2D eigenvalue weighted by atomic mass is 32.2. The van der Waals surface area contributed by atoms with Gasteiger partial charge in [0.25, 0.3) is 0 Å². The summed E-state index contributed by atoms with van der Waals surface area (Å²) in [5.41, 5.74) is 1.01. The van der Waals surface area contributed by atoms with Crippen LogP contribution in [0.3, 0.4) is 0 Å². The molecule has 1 aromatic heterocycles. The zero-order chi connectivity index (χ0) is 15.5. The van der Waals surface area contributed by atoms with Crippen molar-refractivity contribution in [1.82, 2.24) is 14.2 Å². The predicted octanol–water partition coefficient (Wildman–Crippen LogP) is 1.95. The number of hydrogen-bond acceptors (Lipinski definition) is 3. The maximum atomic E-state index is 12.7. The number of sulfonamides is 1. The Bertz CT molecular complexity index is 565. The Balaban J connectivity index is 2.14. The fourth-order valence-electron chi connectivity index (χ4n) is 2.80. The van der Waals surface area contributed by atoms with Crippen molar-refractivity contribution in [2.75, 3.05) is 19.6 Å². The van der Waals surface area contributed by atoms with Crippen LogP contribution >= 0.6 is 0 Å². The molecule has 1 atom stereocenters. The normalized spacial score (nSPS) is 20.8. The van der Waals surface area contributed by atoms with E-state index in [0.29, 0.717) is 30.4 Å². The lowest BCUT2D eigenvalue weighted by Crippen LogP contribution is -2.38. The van der Waals surface area contributed by atoms with Gasteiger partial charge >= 0.3 is 0 Å². The van der Waals surface area contributed by atoms with Gasteiger partial charge in [0.2, 0.25) is 10.0 Å². The molecule has 0 amide bonds. The third-order valence-corrected chi connectivity index (χ3v) is 5.90. The molecule has 1 saturated heterocycles. The Labute approximate surface area is 128 Å². The summed E-state index contributed by atoms with van der Waals surface area (Å²) in [4.78, 5) is 0.424. The zero-order valence-electron chi connectivity index (χ0n) is 13.3. The van der Waals surface area contributed by atoms with E-state index in [1.54, 1.807) is 16.6 Å². The number of hydrogen-bond donors (Lipinski definition) is 1. The first-order valence-electron chi connectivity index (χ1n) is 7.81. The highest BCUT2D eigenvalue weighted by Crippen LogP contribution is 2.24. The number of piperidine rings is 1. The lowest BCUT2D eigenvalue weighted by molar-refractivity contribution is 0.281. The lowest BCUT2D eigenvalue weighted by atomic mass is 10.0. The van der Waals surface area contributed by atoms with Gasteiger partial charge in [0.1, 0.15) is 4.90 Å². The van der Waals surface area contributed by atoms with E-state index in [-0.39, 0.29) is 0 Å². The van der Waals surface area contributed by atoms with Crippen LogP contribution in [0, 0.1) is 5.92 Å². The fourth-order valence-corrected chi connectivity index (χ4v) is 4.50. The van der Waals surface area contributed by atoms with E-state index in [1.165, 1.54) is 0 Å². The number of aromatic nitrogens is 1. The van der Waals surface area contributed by atoms with Crippen molar-refractivity contribution in [2.24, 2.45) is 13.0 Å². The molecule has 21 heavy (non-hydrogen) atoms. The summed E-state index contributed by atoms with van der Waals surface area (Å²) in [6.07, 6.45) is 4.88. The fraction of sp³-hybridized carbons (Fsp3) is 0.733. The first-order chi connectivity index (χ1) is 9.95. The monoisotopic (exact) mass is 313 g/mol. The van der Waals surface area contributed by atoms with Gasteiger partial charge in [-0.15, -0.1) is 0 Å². The number of rotatable bonds is 6. The largest absolute Gasteiger partial charge is 0.352 e. The summed E-state index contributed by atoms with van der Waals surface area (Å²) in [6, 6.07) is 1.80. The Hall–Kier alpha value is -0.850. The van der Waals surface area contributed by atoms with Crippen molar-refractivity contribution >= 4 is 10.0 Å². The molecule has 0 aliphatic carbocycles. The van der Waals surface area contributed by atoms with E-state index in [0.717, 1.165) is 31.5 Å². The van der Waals surface area contributed by atoms with Crippen molar-refractivity contribution < 1.29 is 8.42 Å². The Morgan fingerprint density at radius 2 is 2.19 bits per heavy atom. The van der Waals surface area contributed by atoms with Crippen LogP contribution in [0.1, 0.15) is 38.8 Å². The predicted molar refractivity (Wildman–Crippen MR) is 84.6 cm³/mol. The third kappa shape index (κ3) is 3.87. The van der Waals surface area contributed by atoms with E-state index < -0.39 is 10.0 Å². The highest BCUT2D eigenvalue weighted by Gasteiger charge is 2.29. The zero-order valence-corrected chi connectivity index (χ0v) is 14.1. The highest BCUT2D eigenvalue weighted by molar-refractivity contribution is 7.89. The average molecular weight is 313 g/mol. The molecule has 1 aliphatic rings. The first kappa shape index (κ1) is 16.5. The standard InChI is InChI=1S/C15H27N3O2S/c1-4-7-16-10-14-9-15(12-17(14)3)21(19,20)18-8-5-6-13(2)11-18/h9,12-13,16H,4-8,10-11H2,1-3H3. The average Bonchev–Trinajstić information content (AvgIpc) is 2.81. The van der Waals surface area contributed by atoms with Crippen molar-refractivity contribution in [3.8, 4) is 0 Å². The quantitative estimate of drug-likeness (QED) is 0.817. The topological polar surface area (TPSA) is 54.3 Å². The van der Waals surface area contributed by atoms with Crippen LogP contribution in [-0.4, -0.2) is 36.9 Å². The maximum Gasteiger partial charge on any atom is 0.244 e. The van der Waals surface area contributed by atoms with E-state index in [4.69, 9.17) is 0 Å². The minimum atomic E-state index is -3.34. The van der Waals surface area contributed by atoms with E-state index in [9.17, 15) is 8.42 Å². The van der Waals surface area contributed by atoms with Crippen LogP contribution in [0.4, 0.5) is 0 Å². The number of nitrogens with one attached hydrogen (secondary N) is 1. The molecule has 6 heteroatoms. The molecule has 1 fully saturated rings. The molecule has 2 rings (SSSR count). The van der Waals surface area contributed by atoms with E-state index in [2.05, 4.69) is 19.2 Å². The van der Waals surface area contributed by atoms with Gasteiger partial charge in [-0.25, -0.2) is 8.42 Å². The second-order valence-corrected chi connectivity index (χ2v) is 8.00. The maximum absolute atomic E-state index is 12.7. The van der Waals surface area contributed by atoms with Gasteiger partial charge in [-0.05, 0) is 37.8 Å². The molecule has 120 valence electrons. The first-order valence-corrected chi connectivity index (χ1v) is 9.25. The SMILES string of the molecule is CCCNCc1cc(S(=O)(=O)N2CCCC(C)C2)cn1C. The summed E-state index contributed by atoms with van der Waals surface area (Å²) in [7, 11) is -1.44. The molecule has 1 aliphatic heterocycles. The van der Waals surface area contributed by atoms with Crippen LogP contribution in [0.2, 0.25) is 0 Å². The number of aryl methyl sites for hydroxylation is 1. The second-order valence-electron chi connectivity index (χ2n) is 6.07. The van der Waals surface area contributed by atoms with Gasteiger partial charge < -0.3 is 9.88 Å². The molecule has 0 bridgehead atoms. The number of nitrogens with zero attached hydrogens (tertiary/aromatic N) is 2. The molecule has 1 aromatic rings. The summed E-state index contributed by atoms with van der Waals surface area (Å²) >= 11 is 0. The van der Waals surface area contributed by atoms with E-state index in [1.807, 2.05) is 11.6 Å². The van der Waals surface area contributed by atoms with Gasteiger partial charge in [-0.1, -0.05) is 13.8 Å². The molecule has 0 spiro atoms. The molecule has 2 heterocycles. The molecule has 5 nitrogen and oxygen atoms in total. The van der Waals surface area contributed by atoms with Crippen molar-refractivity contribution in [1.29, 1.82) is 0 Å². The van der Waals surface area contributed by atoms with Crippen molar-refractivity contribution in [3.05, 3.63) is 18.0 Å². The van der Waals surface area contributed by atoms with E-state index >= 15 is 0 Å². The Kier molecular flexibility index (Phi) is 5.46. The molecular weight excluding hydrogens is 286 g/mol. The molecule has 0 aromatic carbocycles. The van der Waals surface area contributed by atoms with Crippen LogP contribution < -0.4 is 5.32 Å². The van der Waals surface area contributed by atoms with Gasteiger partial charge in [0.05, 0.1) is 0 Å². The second kappa shape index (κ2) is 6.94. The van der Waals surface area contributed by atoms with Gasteiger partial charge in [-0.2, -0.15) is 4.31 Å². The van der Waals surface area contributed by atoms with Crippen molar-refractivity contribution in [3.63, 3.8) is 0 Å². The minimum Gasteiger partial charge on any atom is -0.352 e. The molecule has 0 radical (unpaired) electrons. The lowest BCUT2D eigenvalue weighted by Gasteiger charge is -2.29. The van der Waals surface area contributed by atoms with Gasteiger partial charge in [0.15, 0.2) is 0 Å². The molecule has 1 N–H and O–H groups in total. The van der Waals surface area contributed by atoms with Crippen LogP contribution in [-0.2, 0) is 23.6 Å². The molecule has 0 saturated carbocycles. The third-order valence-electron chi connectivity index (χ3n) is 4.07. The Morgan fingerprint density at radius 1 is 1.43 bits per heavy atom. The van der Waals surface area contributed by atoms with Crippen LogP contribution in [0.5, 0.6) is 0 Å². The van der Waals surface area contributed by atoms with Crippen LogP contribution in [0.25, 0.3) is 0 Å². The van der Waals surface area contributed by atoms with Crippen molar-refractivity contribution in [2.45, 2.75) is 44.6 Å².